The maximum absolute atomic E-state index is 5.33. The topological polar surface area (TPSA) is 9.23 Å². The molecule has 0 aliphatic carbocycles. The van der Waals surface area contributed by atoms with Gasteiger partial charge in [-0.25, -0.2) is 0 Å². The Kier molecular flexibility index (Phi) is 1.16. The molecule has 0 N–H and O–H groups in total. The molecule has 1 nitrogen and oxygen atoms in total. The Labute approximate surface area is 60.6 Å². The van der Waals surface area contributed by atoms with E-state index in [1.165, 1.54) is 11.1 Å². The molecule has 2 aliphatic heterocycles. The highest BCUT2D eigenvalue weighted by Gasteiger charge is 2.09. The fraction of sp³-hybridized carbons (Fsp3) is 0.333. The quantitative estimate of drug-likeness (QED) is 0.571. The maximum atomic E-state index is 5.33. The van der Waals surface area contributed by atoms with E-state index in [0.717, 1.165) is 18.8 Å². The molecule has 1 heteroatoms. The largest absolute Gasteiger partial charge is 0.489 e. The van der Waals surface area contributed by atoms with Crippen LogP contribution in [0.2, 0.25) is 0 Å². The van der Waals surface area contributed by atoms with Crippen LogP contribution in [0.25, 0.3) is 0 Å². The van der Waals surface area contributed by atoms with E-state index in [0.29, 0.717) is 0 Å². The van der Waals surface area contributed by atoms with E-state index in [9.17, 15) is 0 Å². The lowest BCUT2D eigenvalue weighted by Gasteiger charge is -2.17. The molecule has 0 atom stereocenters. The summed E-state index contributed by atoms with van der Waals surface area (Å²) in [6.45, 7) is 2.96. The van der Waals surface area contributed by atoms with E-state index in [1.54, 1.807) is 0 Å². The van der Waals surface area contributed by atoms with E-state index in [4.69, 9.17) is 4.74 Å². The van der Waals surface area contributed by atoms with Gasteiger partial charge in [0.1, 0.15) is 12.4 Å². The molecule has 2 bridgehead atoms. The lowest BCUT2D eigenvalue weighted by atomic mass is 10.0. The number of aryl methyl sites for hydroxylation is 1. The summed E-state index contributed by atoms with van der Waals surface area (Å²) in [6.07, 6.45) is 1.12. The highest BCUT2D eigenvalue weighted by molar-refractivity contribution is 5.38. The zero-order valence-electron chi connectivity index (χ0n) is 6.05. The third-order valence-electron chi connectivity index (χ3n) is 1.95. The van der Waals surface area contributed by atoms with Gasteiger partial charge in [0.25, 0.3) is 0 Å². The van der Waals surface area contributed by atoms with Gasteiger partial charge in [-0.2, -0.15) is 0 Å². The average molecular weight is 134 g/mol. The van der Waals surface area contributed by atoms with Crippen LogP contribution in [0, 0.1) is 0 Å². The van der Waals surface area contributed by atoms with Crippen molar-refractivity contribution >= 4 is 0 Å². The number of hydrogen-bond acceptors (Lipinski definition) is 1. The Balaban J connectivity index is 2.55. The van der Waals surface area contributed by atoms with Crippen molar-refractivity contribution in [1.82, 2.24) is 0 Å². The molecule has 2 aliphatic rings. The predicted octanol–water partition coefficient (Wildman–Crippen LogP) is 2.14. The van der Waals surface area contributed by atoms with Crippen LogP contribution >= 0.6 is 0 Å². The van der Waals surface area contributed by atoms with Gasteiger partial charge < -0.3 is 4.74 Å². The Hall–Kier alpha value is -0.980. The Morgan fingerprint density at radius 1 is 1.50 bits per heavy atom. The van der Waals surface area contributed by atoms with Crippen molar-refractivity contribution in [2.24, 2.45) is 0 Å². The van der Waals surface area contributed by atoms with Crippen molar-refractivity contribution in [2.45, 2.75) is 20.0 Å². The van der Waals surface area contributed by atoms with Crippen LogP contribution in [0.4, 0.5) is 0 Å². The minimum absolute atomic E-state index is 0.783. The molecule has 2 heterocycles. The lowest BCUT2D eigenvalue weighted by Crippen LogP contribution is -2.05. The van der Waals surface area contributed by atoms with Crippen molar-refractivity contribution in [2.75, 3.05) is 0 Å². The fourth-order valence-electron chi connectivity index (χ4n) is 1.32. The summed E-state index contributed by atoms with van der Waals surface area (Å²) in [5, 5.41) is 0. The second kappa shape index (κ2) is 2.01. The summed E-state index contributed by atoms with van der Waals surface area (Å²) in [5.41, 5.74) is 2.78. The van der Waals surface area contributed by atoms with Crippen LogP contribution in [-0.4, -0.2) is 0 Å². The van der Waals surface area contributed by atoms with Crippen molar-refractivity contribution in [3.8, 4) is 5.75 Å². The molecule has 0 amide bonds. The summed E-state index contributed by atoms with van der Waals surface area (Å²) in [6, 6.07) is 6.30. The first-order valence-corrected chi connectivity index (χ1v) is 3.65. The summed E-state index contributed by atoms with van der Waals surface area (Å²) >= 11 is 0. The summed E-state index contributed by atoms with van der Waals surface area (Å²) in [4.78, 5) is 0. The van der Waals surface area contributed by atoms with Crippen LogP contribution < -0.4 is 4.74 Å². The molecular formula is C9H10O. The van der Waals surface area contributed by atoms with Crippen LogP contribution in [-0.2, 0) is 13.0 Å². The van der Waals surface area contributed by atoms with Crippen molar-refractivity contribution in [3.05, 3.63) is 29.3 Å². The third-order valence-corrected chi connectivity index (χ3v) is 1.95. The molecule has 52 valence electrons. The van der Waals surface area contributed by atoms with Gasteiger partial charge in [-0.1, -0.05) is 13.0 Å². The van der Waals surface area contributed by atoms with Crippen molar-refractivity contribution in [1.29, 1.82) is 0 Å². The van der Waals surface area contributed by atoms with E-state index in [1.807, 2.05) is 6.07 Å². The molecule has 10 heavy (non-hydrogen) atoms. The first-order chi connectivity index (χ1) is 4.90. The summed E-state index contributed by atoms with van der Waals surface area (Å²) in [7, 11) is 0. The van der Waals surface area contributed by atoms with Crippen molar-refractivity contribution < 1.29 is 4.74 Å². The fourth-order valence-corrected chi connectivity index (χ4v) is 1.32. The van der Waals surface area contributed by atoms with Gasteiger partial charge in [-0.05, 0) is 29.7 Å². The SMILES string of the molecule is CCc1cc2ccc1CO2. The minimum atomic E-state index is 0.783. The van der Waals surface area contributed by atoms with E-state index < -0.39 is 0 Å². The van der Waals surface area contributed by atoms with Gasteiger partial charge >= 0.3 is 0 Å². The number of ether oxygens (including phenoxy) is 1. The first kappa shape index (κ1) is 5.78. The lowest BCUT2D eigenvalue weighted by molar-refractivity contribution is 0.293. The minimum Gasteiger partial charge on any atom is -0.489 e. The van der Waals surface area contributed by atoms with Crippen LogP contribution in [0.15, 0.2) is 18.2 Å². The zero-order valence-corrected chi connectivity index (χ0v) is 6.05. The molecule has 0 aromatic heterocycles. The van der Waals surface area contributed by atoms with E-state index >= 15 is 0 Å². The molecule has 0 unspecified atom stereocenters. The molecule has 0 radical (unpaired) electrons. The Bertz CT molecular complexity index is 253. The highest BCUT2D eigenvalue weighted by Crippen LogP contribution is 2.25. The van der Waals surface area contributed by atoms with Gasteiger partial charge in [0.2, 0.25) is 0 Å². The number of rotatable bonds is 1. The normalized spacial score (nSPS) is 13.3. The van der Waals surface area contributed by atoms with Crippen LogP contribution in [0.5, 0.6) is 5.75 Å². The molecule has 0 fully saturated rings. The Morgan fingerprint density at radius 2 is 2.40 bits per heavy atom. The number of hydrogen-bond donors (Lipinski definition) is 0. The third kappa shape index (κ3) is 0.703. The molecule has 0 saturated heterocycles. The molecule has 1 aromatic rings. The highest BCUT2D eigenvalue weighted by atomic mass is 16.5. The van der Waals surface area contributed by atoms with Gasteiger partial charge in [0.15, 0.2) is 0 Å². The molecule has 1 aromatic carbocycles. The predicted molar refractivity (Wildman–Crippen MR) is 40.2 cm³/mol. The van der Waals surface area contributed by atoms with Crippen LogP contribution in [0.1, 0.15) is 18.1 Å². The van der Waals surface area contributed by atoms with Crippen LogP contribution in [0.3, 0.4) is 0 Å². The van der Waals surface area contributed by atoms with E-state index in [2.05, 4.69) is 19.1 Å². The second-order valence-electron chi connectivity index (χ2n) is 2.57. The van der Waals surface area contributed by atoms with Gasteiger partial charge in [0, 0.05) is 0 Å². The summed E-state index contributed by atoms with van der Waals surface area (Å²) < 4.78 is 5.33. The van der Waals surface area contributed by atoms with Gasteiger partial charge in [-0.15, -0.1) is 0 Å². The van der Waals surface area contributed by atoms with Crippen molar-refractivity contribution in [3.63, 3.8) is 0 Å². The Morgan fingerprint density at radius 3 is 2.70 bits per heavy atom. The van der Waals surface area contributed by atoms with E-state index in [-0.39, 0.29) is 0 Å². The standard InChI is InChI=1S/C9H10O/c1-2-7-5-9-4-3-8(7)6-10-9/h3-5H,2,6H2,1H3. The summed E-state index contributed by atoms with van der Waals surface area (Å²) in [5.74, 6) is 1.02. The molecule has 0 saturated carbocycles. The molecule has 3 rings (SSSR count). The molecular weight excluding hydrogens is 124 g/mol. The maximum Gasteiger partial charge on any atom is 0.120 e. The van der Waals surface area contributed by atoms with Gasteiger partial charge in [0.05, 0.1) is 0 Å². The second-order valence-corrected chi connectivity index (χ2v) is 2.57. The monoisotopic (exact) mass is 134 g/mol. The number of benzene rings is 1. The van der Waals surface area contributed by atoms with Gasteiger partial charge in [-0.3, -0.25) is 0 Å². The average Bonchev–Trinajstić information content (AvgIpc) is 2.06. The molecule has 0 spiro atoms. The zero-order chi connectivity index (χ0) is 6.97. The first-order valence-electron chi connectivity index (χ1n) is 3.65. The smallest absolute Gasteiger partial charge is 0.120 e. The number of fused-ring (bicyclic) bond motifs is 3.